The highest BCUT2D eigenvalue weighted by molar-refractivity contribution is 7.98. The lowest BCUT2D eigenvalue weighted by molar-refractivity contribution is -0.108. The standard InChI is InChI=1S/C22H42N2O2S.C18H38O.C12H26O/c25-20-11-7-3-1-5-9-17-24(18-10-6-2-4-8-12-21-26)19-13-16-23-27-22-14-15-22;1-4-6-8-10-12-14-16-18(19-3)17-15-13-11-9-7-5-2;1-4-6-7-8-9-10-11-12(5-2)13-3/h20-23H,1-19H2;18H,4-17H2,1-3H3;12H,4-11H2,1-3H3. The molecule has 354 valence electrons. The molecule has 6 nitrogen and oxygen atoms in total. The molecule has 0 spiro atoms. The van der Waals surface area contributed by atoms with E-state index in [-0.39, 0.29) is 0 Å². The van der Waals surface area contributed by atoms with Gasteiger partial charge in [0, 0.05) is 38.9 Å². The lowest BCUT2D eigenvalue weighted by Crippen LogP contribution is -2.29. The van der Waals surface area contributed by atoms with Crippen LogP contribution in [0.3, 0.4) is 0 Å². The monoisotopic (exact) mass is 855 g/mol. The SMILES string of the molecule is CCCCCCCCC(CC)OC.CCCCCCCCC(CCCCCCCC)OC.O=CCCCCCCCN(CCCCCCCC=O)CCCNSC1CC1. The second kappa shape index (κ2) is 53.7. The third-order valence-corrected chi connectivity index (χ3v) is 13.1. The number of hydrogen-bond donors (Lipinski definition) is 1. The van der Waals surface area contributed by atoms with Crippen molar-refractivity contribution in [3.05, 3.63) is 0 Å². The van der Waals surface area contributed by atoms with Gasteiger partial charge in [0.05, 0.1) is 12.2 Å². The molecule has 0 amide bonds. The summed E-state index contributed by atoms with van der Waals surface area (Å²) in [5.41, 5.74) is 0. The molecule has 0 saturated heterocycles. The summed E-state index contributed by atoms with van der Waals surface area (Å²) >= 11 is 1.94. The number of methoxy groups -OCH3 is 2. The third kappa shape index (κ3) is 51.8. The smallest absolute Gasteiger partial charge is 0.119 e. The quantitative estimate of drug-likeness (QED) is 0.0372. The van der Waals surface area contributed by atoms with Crippen LogP contribution in [0.15, 0.2) is 0 Å². The highest BCUT2D eigenvalue weighted by Crippen LogP contribution is 2.31. The number of rotatable bonds is 46. The van der Waals surface area contributed by atoms with Crippen LogP contribution in [0.2, 0.25) is 0 Å². The molecule has 59 heavy (non-hydrogen) atoms. The summed E-state index contributed by atoms with van der Waals surface area (Å²) in [7, 11) is 3.71. The summed E-state index contributed by atoms with van der Waals surface area (Å²) in [6.07, 6.45) is 50.7. The fourth-order valence-corrected chi connectivity index (χ4v) is 8.46. The van der Waals surface area contributed by atoms with Crippen LogP contribution in [0, 0.1) is 0 Å². The van der Waals surface area contributed by atoms with E-state index in [2.05, 4.69) is 37.3 Å². The molecule has 0 bridgehead atoms. The van der Waals surface area contributed by atoms with Crippen LogP contribution in [-0.4, -0.2) is 75.3 Å². The van der Waals surface area contributed by atoms with E-state index >= 15 is 0 Å². The molecule has 7 heteroatoms. The third-order valence-electron chi connectivity index (χ3n) is 11.9. The van der Waals surface area contributed by atoms with E-state index in [1.807, 2.05) is 26.2 Å². The second-order valence-electron chi connectivity index (χ2n) is 17.6. The fourth-order valence-electron chi connectivity index (χ4n) is 7.59. The predicted molar refractivity (Wildman–Crippen MR) is 263 cm³/mol. The maximum absolute atomic E-state index is 10.3. The Morgan fingerprint density at radius 2 is 0.847 bits per heavy atom. The Morgan fingerprint density at radius 1 is 0.492 bits per heavy atom. The zero-order valence-electron chi connectivity index (χ0n) is 40.9. The minimum Gasteiger partial charge on any atom is -0.381 e. The van der Waals surface area contributed by atoms with Crippen molar-refractivity contribution in [2.45, 2.75) is 283 Å². The van der Waals surface area contributed by atoms with Gasteiger partial charge < -0.3 is 24.0 Å². The minimum atomic E-state index is 0.506. The van der Waals surface area contributed by atoms with Crippen molar-refractivity contribution in [1.29, 1.82) is 0 Å². The van der Waals surface area contributed by atoms with Gasteiger partial charge in [-0.15, -0.1) is 0 Å². The first kappa shape index (κ1) is 60.6. The molecule has 0 radical (unpaired) electrons. The summed E-state index contributed by atoms with van der Waals surface area (Å²) < 4.78 is 14.5. The van der Waals surface area contributed by atoms with Crippen LogP contribution in [0.1, 0.15) is 265 Å². The summed E-state index contributed by atoms with van der Waals surface area (Å²) in [5, 5.41) is 0.888. The van der Waals surface area contributed by atoms with Gasteiger partial charge in [-0.05, 0) is 90.3 Å². The van der Waals surface area contributed by atoms with E-state index in [1.165, 1.54) is 225 Å². The van der Waals surface area contributed by atoms with Gasteiger partial charge in [0.15, 0.2) is 0 Å². The highest BCUT2D eigenvalue weighted by Gasteiger charge is 2.21. The molecular weight excluding hydrogens is 749 g/mol. The van der Waals surface area contributed by atoms with Crippen LogP contribution >= 0.6 is 11.9 Å². The Labute approximate surface area is 374 Å². The van der Waals surface area contributed by atoms with E-state index in [1.54, 1.807) is 0 Å². The minimum absolute atomic E-state index is 0.506. The van der Waals surface area contributed by atoms with Gasteiger partial charge in [0.25, 0.3) is 0 Å². The van der Waals surface area contributed by atoms with E-state index < -0.39 is 0 Å². The van der Waals surface area contributed by atoms with E-state index in [4.69, 9.17) is 9.47 Å². The number of aldehydes is 2. The molecule has 1 unspecified atom stereocenters. The van der Waals surface area contributed by atoms with Crippen molar-refractivity contribution in [1.82, 2.24) is 9.62 Å². The molecule has 0 aromatic rings. The largest absolute Gasteiger partial charge is 0.381 e. The van der Waals surface area contributed by atoms with E-state index in [0.717, 1.165) is 56.5 Å². The average Bonchev–Trinajstić information content (AvgIpc) is 4.09. The number of hydrogen-bond acceptors (Lipinski definition) is 7. The van der Waals surface area contributed by atoms with E-state index in [9.17, 15) is 9.59 Å². The Morgan fingerprint density at radius 3 is 1.22 bits per heavy atom. The molecule has 0 aliphatic heterocycles. The highest BCUT2D eigenvalue weighted by atomic mass is 32.2. The van der Waals surface area contributed by atoms with Crippen molar-refractivity contribution < 1.29 is 19.1 Å². The zero-order chi connectivity index (χ0) is 43.5. The Hall–Kier alpha value is -0.470. The van der Waals surface area contributed by atoms with Gasteiger partial charge in [-0.25, -0.2) is 0 Å². The summed E-state index contributed by atoms with van der Waals surface area (Å²) in [4.78, 5) is 23.3. The van der Waals surface area contributed by atoms with Crippen molar-refractivity contribution in [2.24, 2.45) is 0 Å². The van der Waals surface area contributed by atoms with Crippen molar-refractivity contribution >= 4 is 24.5 Å². The van der Waals surface area contributed by atoms with Crippen LogP contribution in [0.4, 0.5) is 0 Å². The Balaban J connectivity index is 0. The summed E-state index contributed by atoms with van der Waals surface area (Å²) in [6.45, 7) is 13.8. The number of ether oxygens (including phenoxy) is 2. The first-order chi connectivity index (χ1) is 29.1. The summed E-state index contributed by atoms with van der Waals surface area (Å²) in [5.74, 6) is 0. The van der Waals surface area contributed by atoms with Crippen LogP contribution in [0.25, 0.3) is 0 Å². The molecule has 0 heterocycles. The molecule has 1 aliphatic carbocycles. The molecule has 0 aromatic carbocycles. The molecule has 1 rings (SSSR count). The maximum atomic E-state index is 10.3. The average molecular weight is 855 g/mol. The first-order valence-electron chi connectivity index (χ1n) is 26.1. The predicted octanol–water partition coefficient (Wildman–Crippen LogP) is 15.8. The Bertz CT molecular complexity index is 744. The molecule has 1 fully saturated rings. The van der Waals surface area contributed by atoms with Gasteiger partial charge in [0.1, 0.15) is 12.6 Å². The molecule has 0 aromatic heterocycles. The lowest BCUT2D eigenvalue weighted by Gasteiger charge is -2.22. The van der Waals surface area contributed by atoms with Crippen LogP contribution in [-0.2, 0) is 19.1 Å². The number of carbonyl (C=O) groups is 2. The van der Waals surface area contributed by atoms with Gasteiger partial charge in [0.2, 0.25) is 0 Å². The van der Waals surface area contributed by atoms with Gasteiger partial charge in [-0.2, -0.15) is 0 Å². The molecular formula is C52H106N2O4S. The maximum Gasteiger partial charge on any atom is 0.119 e. The molecule has 1 aliphatic rings. The topological polar surface area (TPSA) is 67.9 Å². The van der Waals surface area contributed by atoms with Crippen molar-refractivity contribution in [3.63, 3.8) is 0 Å². The lowest BCUT2D eigenvalue weighted by atomic mass is 10.0. The number of unbranched alkanes of at least 4 members (excludes halogenated alkanes) is 25. The fraction of sp³-hybridized carbons (Fsp3) is 0.962. The zero-order valence-corrected chi connectivity index (χ0v) is 41.7. The summed E-state index contributed by atoms with van der Waals surface area (Å²) in [6, 6.07) is 0. The van der Waals surface area contributed by atoms with Crippen molar-refractivity contribution in [2.75, 3.05) is 40.4 Å². The van der Waals surface area contributed by atoms with Crippen molar-refractivity contribution in [3.8, 4) is 0 Å². The number of carbonyl (C=O) groups excluding carboxylic acids is 2. The first-order valence-corrected chi connectivity index (χ1v) is 27.0. The van der Waals surface area contributed by atoms with Crippen LogP contribution < -0.4 is 4.72 Å². The van der Waals surface area contributed by atoms with E-state index in [0.29, 0.717) is 12.2 Å². The Kier molecular flexibility index (Phi) is 55.1. The van der Waals surface area contributed by atoms with Gasteiger partial charge in [-0.1, -0.05) is 194 Å². The van der Waals surface area contributed by atoms with Crippen LogP contribution in [0.5, 0.6) is 0 Å². The molecule has 1 atom stereocenters. The van der Waals surface area contributed by atoms with Gasteiger partial charge >= 0.3 is 0 Å². The normalized spacial score (nSPS) is 12.9. The second-order valence-corrected chi connectivity index (χ2v) is 18.8. The number of nitrogens with zero attached hydrogens (tertiary/aromatic N) is 1. The van der Waals surface area contributed by atoms with Gasteiger partial charge in [-0.3, -0.25) is 4.72 Å². The molecule has 1 saturated carbocycles. The number of nitrogens with one attached hydrogen (secondary N) is 1. The molecule has 1 N–H and O–H groups in total.